The number of aromatic nitrogens is 3. The monoisotopic (exact) mass is 294 g/mol. The predicted molar refractivity (Wildman–Crippen MR) is 75.1 cm³/mol. The molecular formula is C13H15ClN4O2. The lowest BCUT2D eigenvalue weighted by Crippen LogP contribution is -2.10. The normalized spacial score (nSPS) is 14.1. The fourth-order valence-corrected chi connectivity index (χ4v) is 2.32. The third-order valence-corrected chi connectivity index (χ3v) is 3.28. The van der Waals surface area contributed by atoms with Gasteiger partial charge in [-0.15, -0.1) is 5.10 Å². The molecule has 7 heteroatoms. The smallest absolute Gasteiger partial charge is 0.179 e. The fourth-order valence-electron chi connectivity index (χ4n) is 2.05. The molecule has 1 aromatic heterocycles. The molecule has 1 aromatic carbocycles. The number of rotatable bonds is 3. The summed E-state index contributed by atoms with van der Waals surface area (Å²) in [7, 11) is 0. The van der Waals surface area contributed by atoms with Crippen LogP contribution in [0.3, 0.4) is 0 Å². The van der Waals surface area contributed by atoms with Crippen LogP contribution < -0.4 is 15.2 Å². The first-order chi connectivity index (χ1) is 9.78. The van der Waals surface area contributed by atoms with E-state index in [-0.39, 0.29) is 0 Å². The van der Waals surface area contributed by atoms with Gasteiger partial charge in [0.05, 0.1) is 31.0 Å². The van der Waals surface area contributed by atoms with Crippen LogP contribution in [-0.4, -0.2) is 34.8 Å². The van der Waals surface area contributed by atoms with Crippen LogP contribution in [0.15, 0.2) is 18.3 Å². The van der Waals surface area contributed by atoms with Gasteiger partial charge in [0.15, 0.2) is 11.5 Å². The molecule has 2 N–H and O–H groups in total. The van der Waals surface area contributed by atoms with Gasteiger partial charge in [0.25, 0.3) is 0 Å². The van der Waals surface area contributed by atoms with Crippen molar-refractivity contribution >= 4 is 11.6 Å². The number of benzene rings is 1. The van der Waals surface area contributed by atoms with Gasteiger partial charge in [-0.05, 0) is 12.1 Å². The van der Waals surface area contributed by atoms with Crippen molar-refractivity contribution < 1.29 is 9.47 Å². The van der Waals surface area contributed by atoms with Gasteiger partial charge in [-0.1, -0.05) is 16.8 Å². The van der Waals surface area contributed by atoms with E-state index in [2.05, 4.69) is 10.3 Å². The molecule has 106 valence electrons. The molecule has 0 fully saturated rings. The van der Waals surface area contributed by atoms with Crippen molar-refractivity contribution in [3.8, 4) is 22.8 Å². The van der Waals surface area contributed by atoms with E-state index in [0.717, 1.165) is 17.7 Å². The Labute approximate surface area is 121 Å². The molecule has 0 atom stereocenters. The van der Waals surface area contributed by atoms with Gasteiger partial charge >= 0.3 is 0 Å². The highest BCUT2D eigenvalue weighted by molar-refractivity contribution is 6.32. The lowest BCUT2D eigenvalue weighted by Gasteiger charge is -2.10. The number of nitrogens with zero attached hydrogens (tertiary/aromatic N) is 3. The summed E-state index contributed by atoms with van der Waals surface area (Å²) >= 11 is 6.26. The molecule has 0 saturated heterocycles. The number of fused-ring (bicyclic) bond motifs is 1. The zero-order valence-electron chi connectivity index (χ0n) is 10.9. The quantitative estimate of drug-likeness (QED) is 0.933. The second-order valence-corrected chi connectivity index (χ2v) is 4.90. The summed E-state index contributed by atoms with van der Waals surface area (Å²) in [5.74, 6) is 1.25. The number of hydrogen-bond donors (Lipinski definition) is 1. The van der Waals surface area contributed by atoms with Crippen molar-refractivity contribution in [2.24, 2.45) is 5.73 Å². The number of halogens is 1. The minimum Gasteiger partial charge on any atom is -0.489 e. The van der Waals surface area contributed by atoms with Crippen LogP contribution in [-0.2, 0) is 6.54 Å². The second-order valence-electron chi connectivity index (χ2n) is 4.49. The molecule has 6 nitrogen and oxygen atoms in total. The van der Waals surface area contributed by atoms with Crippen LogP contribution in [0.5, 0.6) is 11.5 Å². The first-order valence-corrected chi connectivity index (χ1v) is 6.85. The minimum atomic E-state index is 0.519. The molecule has 0 saturated carbocycles. The van der Waals surface area contributed by atoms with E-state index >= 15 is 0 Å². The summed E-state index contributed by atoms with van der Waals surface area (Å²) in [6.07, 6.45) is 2.68. The summed E-state index contributed by atoms with van der Waals surface area (Å²) in [4.78, 5) is 0. The Balaban J connectivity index is 1.97. The molecular weight excluding hydrogens is 280 g/mol. The van der Waals surface area contributed by atoms with Crippen LogP contribution in [0.2, 0.25) is 5.02 Å². The van der Waals surface area contributed by atoms with Gasteiger partial charge < -0.3 is 15.2 Å². The number of ether oxygens (including phenoxy) is 2. The van der Waals surface area contributed by atoms with E-state index in [1.54, 1.807) is 4.68 Å². The molecule has 2 heterocycles. The molecule has 1 aliphatic rings. The van der Waals surface area contributed by atoms with Crippen LogP contribution in [0, 0.1) is 0 Å². The predicted octanol–water partition coefficient (Wildman–Crippen LogP) is 1.72. The Morgan fingerprint density at radius 2 is 2.15 bits per heavy atom. The van der Waals surface area contributed by atoms with E-state index in [1.807, 2.05) is 18.3 Å². The Hall–Kier alpha value is -1.79. The van der Waals surface area contributed by atoms with Crippen LogP contribution >= 0.6 is 11.6 Å². The SMILES string of the molecule is NCCn1cc(-c2cc(Cl)c3c(c2)OCCCO3)nn1. The largest absolute Gasteiger partial charge is 0.489 e. The molecule has 3 rings (SSSR count). The third kappa shape index (κ3) is 2.57. The Kier molecular flexibility index (Phi) is 3.75. The van der Waals surface area contributed by atoms with Crippen molar-refractivity contribution in [1.29, 1.82) is 0 Å². The van der Waals surface area contributed by atoms with Gasteiger partial charge in [-0.25, -0.2) is 0 Å². The summed E-state index contributed by atoms with van der Waals surface area (Å²) in [6.45, 7) is 2.38. The minimum absolute atomic E-state index is 0.519. The Morgan fingerprint density at radius 3 is 3.00 bits per heavy atom. The number of nitrogens with two attached hydrogens (primary N) is 1. The number of hydrogen-bond acceptors (Lipinski definition) is 5. The van der Waals surface area contributed by atoms with E-state index in [9.17, 15) is 0 Å². The molecule has 0 radical (unpaired) electrons. The maximum atomic E-state index is 6.26. The lowest BCUT2D eigenvalue weighted by molar-refractivity contribution is 0.297. The molecule has 2 aromatic rings. The van der Waals surface area contributed by atoms with E-state index < -0.39 is 0 Å². The maximum absolute atomic E-state index is 6.26. The summed E-state index contributed by atoms with van der Waals surface area (Å²) in [6, 6.07) is 3.69. The second kappa shape index (κ2) is 5.68. The summed E-state index contributed by atoms with van der Waals surface area (Å²) < 4.78 is 13.0. The van der Waals surface area contributed by atoms with Crippen LogP contribution in [0.4, 0.5) is 0 Å². The zero-order chi connectivity index (χ0) is 13.9. The first-order valence-electron chi connectivity index (χ1n) is 6.47. The van der Waals surface area contributed by atoms with Crippen molar-refractivity contribution in [3.63, 3.8) is 0 Å². The lowest BCUT2D eigenvalue weighted by atomic mass is 10.1. The van der Waals surface area contributed by atoms with E-state index in [4.69, 9.17) is 26.8 Å². The van der Waals surface area contributed by atoms with Gasteiger partial charge in [0.1, 0.15) is 5.69 Å². The van der Waals surface area contributed by atoms with Crippen LogP contribution in [0.1, 0.15) is 6.42 Å². The van der Waals surface area contributed by atoms with Gasteiger partial charge in [0.2, 0.25) is 0 Å². The standard InChI is InChI=1S/C13H15ClN4O2/c14-10-6-9(11-8-18(3-2-15)17-16-11)7-12-13(10)20-5-1-4-19-12/h6-8H,1-5,15H2. The summed E-state index contributed by atoms with van der Waals surface area (Å²) in [5, 5.41) is 8.66. The van der Waals surface area contributed by atoms with E-state index in [0.29, 0.717) is 42.8 Å². The molecule has 0 aliphatic carbocycles. The molecule has 0 amide bonds. The third-order valence-electron chi connectivity index (χ3n) is 2.99. The maximum Gasteiger partial charge on any atom is 0.179 e. The van der Waals surface area contributed by atoms with Gasteiger partial charge in [0, 0.05) is 18.5 Å². The zero-order valence-corrected chi connectivity index (χ0v) is 11.6. The van der Waals surface area contributed by atoms with Crippen molar-refractivity contribution in [1.82, 2.24) is 15.0 Å². The molecule has 0 unspecified atom stereocenters. The Bertz CT molecular complexity index is 614. The molecule has 20 heavy (non-hydrogen) atoms. The highest BCUT2D eigenvalue weighted by Gasteiger charge is 2.17. The molecule has 1 aliphatic heterocycles. The first kappa shape index (κ1) is 13.2. The average Bonchev–Trinajstić information content (AvgIpc) is 2.76. The molecule has 0 bridgehead atoms. The van der Waals surface area contributed by atoms with Gasteiger partial charge in [-0.2, -0.15) is 0 Å². The highest BCUT2D eigenvalue weighted by atomic mass is 35.5. The van der Waals surface area contributed by atoms with Crippen molar-refractivity contribution in [2.75, 3.05) is 19.8 Å². The van der Waals surface area contributed by atoms with Crippen LogP contribution in [0.25, 0.3) is 11.3 Å². The van der Waals surface area contributed by atoms with Gasteiger partial charge in [-0.3, -0.25) is 4.68 Å². The van der Waals surface area contributed by atoms with Crippen molar-refractivity contribution in [3.05, 3.63) is 23.4 Å². The topological polar surface area (TPSA) is 75.2 Å². The van der Waals surface area contributed by atoms with E-state index in [1.165, 1.54) is 0 Å². The average molecular weight is 295 g/mol. The summed E-state index contributed by atoms with van der Waals surface area (Å²) in [5.41, 5.74) is 7.08. The van der Waals surface area contributed by atoms with Crippen molar-refractivity contribution in [2.45, 2.75) is 13.0 Å². The Morgan fingerprint density at radius 1 is 1.30 bits per heavy atom. The highest BCUT2D eigenvalue weighted by Crippen LogP contribution is 2.40. The fraction of sp³-hybridized carbons (Fsp3) is 0.385. The molecule has 0 spiro atoms.